The molecule has 0 amide bonds. The van der Waals surface area contributed by atoms with Gasteiger partial charge in [0.2, 0.25) is 0 Å². The summed E-state index contributed by atoms with van der Waals surface area (Å²) in [7, 11) is 1.42. The average Bonchev–Trinajstić information content (AvgIpc) is 2.95. The van der Waals surface area contributed by atoms with Crippen molar-refractivity contribution in [2.24, 2.45) is 5.92 Å². The Hall–Kier alpha value is -0.570. The van der Waals surface area contributed by atoms with E-state index in [1.165, 1.54) is 26.4 Å². The second-order valence-electron chi connectivity index (χ2n) is 3.74. The molecular weight excluding hydrogens is 166 g/mol. The standard InChI is InChI=1S/C10H19NO2/c1-3-9(6-8-4-5-8)11-7-10(12)13-2/h8-9,11H,3-7H2,1-2H3. The van der Waals surface area contributed by atoms with E-state index in [2.05, 4.69) is 17.0 Å². The summed E-state index contributed by atoms with van der Waals surface area (Å²) in [5, 5.41) is 3.22. The molecule has 0 saturated heterocycles. The van der Waals surface area contributed by atoms with Gasteiger partial charge in [-0.1, -0.05) is 19.8 Å². The molecule has 0 spiro atoms. The van der Waals surface area contributed by atoms with Crippen LogP contribution in [0.25, 0.3) is 0 Å². The minimum atomic E-state index is -0.172. The molecule has 0 aromatic carbocycles. The SMILES string of the molecule is CCC(CC1CC1)NCC(=O)OC. The third-order valence-electron chi connectivity index (χ3n) is 2.57. The second kappa shape index (κ2) is 5.22. The van der Waals surface area contributed by atoms with Crippen LogP contribution < -0.4 is 5.32 Å². The van der Waals surface area contributed by atoms with E-state index in [0.29, 0.717) is 12.6 Å². The Bertz CT molecular complexity index is 166. The Labute approximate surface area is 79.8 Å². The van der Waals surface area contributed by atoms with Gasteiger partial charge in [0.15, 0.2) is 0 Å². The predicted molar refractivity (Wildman–Crippen MR) is 51.4 cm³/mol. The van der Waals surface area contributed by atoms with Gasteiger partial charge in [0, 0.05) is 6.04 Å². The summed E-state index contributed by atoms with van der Waals surface area (Å²) in [6, 6.07) is 0.492. The Morgan fingerprint density at radius 2 is 2.31 bits per heavy atom. The van der Waals surface area contributed by atoms with Crippen LogP contribution in [-0.2, 0) is 9.53 Å². The molecule has 0 aliphatic heterocycles. The summed E-state index contributed by atoms with van der Waals surface area (Å²) in [5.74, 6) is 0.740. The fourth-order valence-electron chi connectivity index (χ4n) is 1.45. The van der Waals surface area contributed by atoms with Gasteiger partial charge in [-0.15, -0.1) is 0 Å². The number of hydrogen-bond acceptors (Lipinski definition) is 3. The largest absolute Gasteiger partial charge is 0.468 e. The van der Waals surface area contributed by atoms with E-state index < -0.39 is 0 Å². The molecular formula is C10H19NO2. The first kappa shape index (κ1) is 10.5. The first-order valence-electron chi connectivity index (χ1n) is 5.06. The van der Waals surface area contributed by atoms with E-state index in [9.17, 15) is 4.79 Å². The number of methoxy groups -OCH3 is 1. The summed E-state index contributed by atoms with van der Waals surface area (Å²) in [6.45, 7) is 2.50. The van der Waals surface area contributed by atoms with E-state index in [4.69, 9.17) is 0 Å². The van der Waals surface area contributed by atoms with Crippen molar-refractivity contribution in [3.05, 3.63) is 0 Å². The molecule has 3 nitrogen and oxygen atoms in total. The summed E-state index contributed by atoms with van der Waals surface area (Å²) < 4.78 is 4.56. The first-order valence-corrected chi connectivity index (χ1v) is 5.06. The summed E-state index contributed by atoms with van der Waals surface area (Å²) >= 11 is 0. The fraction of sp³-hybridized carbons (Fsp3) is 0.900. The van der Waals surface area contributed by atoms with Crippen LogP contribution in [0, 0.1) is 5.92 Å². The lowest BCUT2D eigenvalue weighted by atomic mass is 10.1. The molecule has 1 rings (SSSR count). The molecule has 0 aromatic heterocycles. The predicted octanol–water partition coefficient (Wildman–Crippen LogP) is 1.33. The molecule has 1 unspecified atom stereocenters. The summed E-state index contributed by atoms with van der Waals surface area (Å²) in [6.07, 6.45) is 5.05. The maximum absolute atomic E-state index is 10.8. The number of hydrogen-bond donors (Lipinski definition) is 1. The first-order chi connectivity index (χ1) is 6.26. The van der Waals surface area contributed by atoms with Crippen molar-refractivity contribution in [1.29, 1.82) is 0 Å². The highest BCUT2D eigenvalue weighted by atomic mass is 16.5. The zero-order valence-corrected chi connectivity index (χ0v) is 8.51. The molecule has 13 heavy (non-hydrogen) atoms. The lowest BCUT2D eigenvalue weighted by Gasteiger charge is -2.15. The number of nitrogens with one attached hydrogen (secondary N) is 1. The lowest BCUT2D eigenvalue weighted by Crippen LogP contribution is -2.34. The average molecular weight is 185 g/mol. The zero-order chi connectivity index (χ0) is 9.68. The minimum Gasteiger partial charge on any atom is -0.468 e. The molecule has 1 N–H and O–H groups in total. The topological polar surface area (TPSA) is 38.3 Å². The van der Waals surface area contributed by atoms with Crippen LogP contribution in [0.5, 0.6) is 0 Å². The van der Waals surface area contributed by atoms with Gasteiger partial charge in [0.1, 0.15) is 0 Å². The minimum absolute atomic E-state index is 0.172. The van der Waals surface area contributed by atoms with Crippen molar-refractivity contribution >= 4 is 5.97 Å². The number of ether oxygens (including phenoxy) is 1. The van der Waals surface area contributed by atoms with Crippen LogP contribution in [0.15, 0.2) is 0 Å². The highest BCUT2D eigenvalue weighted by molar-refractivity contribution is 5.71. The van der Waals surface area contributed by atoms with E-state index in [-0.39, 0.29) is 5.97 Å². The van der Waals surface area contributed by atoms with Gasteiger partial charge in [0.25, 0.3) is 0 Å². The van der Waals surface area contributed by atoms with Crippen molar-refractivity contribution in [1.82, 2.24) is 5.32 Å². The molecule has 1 aliphatic carbocycles. The highest BCUT2D eigenvalue weighted by Gasteiger charge is 2.24. The van der Waals surface area contributed by atoms with E-state index in [0.717, 1.165) is 12.3 Å². The Balaban J connectivity index is 2.10. The lowest BCUT2D eigenvalue weighted by molar-refractivity contribution is -0.139. The fourth-order valence-corrected chi connectivity index (χ4v) is 1.45. The van der Waals surface area contributed by atoms with Crippen LogP contribution in [0.4, 0.5) is 0 Å². The van der Waals surface area contributed by atoms with Crippen molar-refractivity contribution in [2.75, 3.05) is 13.7 Å². The molecule has 0 bridgehead atoms. The van der Waals surface area contributed by atoms with Gasteiger partial charge in [0.05, 0.1) is 13.7 Å². The van der Waals surface area contributed by atoms with Crippen LogP contribution in [0.3, 0.4) is 0 Å². The Morgan fingerprint density at radius 1 is 1.62 bits per heavy atom. The smallest absolute Gasteiger partial charge is 0.319 e. The van der Waals surface area contributed by atoms with E-state index in [1.807, 2.05) is 0 Å². The molecule has 1 atom stereocenters. The molecule has 0 aromatic rings. The summed E-state index contributed by atoms with van der Waals surface area (Å²) in [5.41, 5.74) is 0. The maximum Gasteiger partial charge on any atom is 0.319 e. The monoisotopic (exact) mass is 185 g/mol. The van der Waals surface area contributed by atoms with Gasteiger partial charge >= 0.3 is 5.97 Å². The van der Waals surface area contributed by atoms with Crippen LogP contribution in [-0.4, -0.2) is 25.7 Å². The Morgan fingerprint density at radius 3 is 2.77 bits per heavy atom. The molecule has 1 aliphatic rings. The van der Waals surface area contributed by atoms with Crippen molar-refractivity contribution in [2.45, 2.75) is 38.6 Å². The number of carbonyl (C=O) groups excluding carboxylic acids is 1. The third-order valence-corrected chi connectivity index (χ3v) is 2.57. The number of carbonyl (C=O) groups is 1. The quantitative estimate of drug-likeness (QED) is 0.634. The molecule has 3 heteroatoms. The van der Waals surface area contributed by atoms with Gasteiger partial charge in [-0.05, 0) is 18.8 Å². The normalized spacial score (nSPS) is 18.3. The molecule has 76 valence electrons. The summed E-state index contributed by atoms with van der Waals surface area (Å²) in [4.78, 5) is 10.8. The van der Waals surface area contributed by atoms with Crippen molar-refractivity contribution in [3.63, 3.8) is 0 Å². The van der Waals surface area contributed by atoms with Crippen molar-refractivity contribution in [3.8, 4) is 0 Å². The highest BCUT2D eigenvalue weighted by Crippen LogP contribution is 2.33. The number of esters is 1. The number of rotatable bonds is 6. The zero-order valence-electron chi connectivity index (χ0n) is 8.51. The molecule has 0 radical (unpaired) electrons. The van der Waals surface area contributed by atoms with E-state index in [1.54, 1.807) is 0 Å². The van der Waals surface area contributed by atoms with Gasteiger partial charge in [-0.3, -0.25) is 4.79 Å². The van der Waals surface area contributed by atoms with Crippen LogP contribution in [0.1, 0.15) is 32.6 Å². The van der Waals surface area contributed by atoms with E-state index >= 15 is 0 Å². The van der Waals surface area contributed by atoms with Crippen LogP contribution >= 0.6 is 0 Å². The van der Waals surface area contributed by atoms with Gasteiger partial charge < -0.3 is 10.1 Å². The third kappa shape index (κ3) is 4.27. The van der Waals surface area contributed by atoms with Crippen LogP contribution in [0.2, 0.25) is 0 Å². The van der Waals surface area contributed by atoms with Gasteiger partial charge in [-0.2, -0.15) is 0 Å². The molecule has 1 fully saturated rings. The Kier molecular flexibility index (Phi) is 4.22. The second-order valence-corrected chi connectivity index (χ2v) is 3.74. The molecule has 1 saturated carbocycles. The molecule has 0 heterocycles. The van der Waals surface area contributed by atoms with Gasteiger partial charge in [-0.25, -0.2) is 0 Å². The van der Waals surface area contributed by atoms with Crippen molar-refractivity contribution < 1.29 is 9.53 Å². The maximum atomic E-state index is 10.8.